The number of aryl methyl sites for hydroxylation is 2. The Labute approximate surface area is 203 Å². The Morgan fingerprint density at radius 1 is 1.11 bits per heavy atom. The molecule has 35 heavy (non-hydrogen) atoms. The van der Waals surface area contributed by atoms with Crippen LogP contribution in [0.3, 0.4) is 0 Å². The van der Waals surface area contributed by atoms with Gasteiger partial charge in [-0.25, -0.2) is 0 Å². The molecule has 184 valence electrons. The number of nitrogens with zero attached hydrogens (tertiary/aromatic N) is 5. The van der Waals surface area contributed by atoms with E-state index in [1.54, 1.807) is 4.68 Å². The van der Waals surface area contributed by atoms with Crippen LogP contribution in [0.1, 0.15) is 36.0 Å². The van der Waals surface area contributed by atoms with E-state index in [1.165, 1.54) is 0 Å². The molecule has 0 unspecified atom stereocenters. The Balaban J connectivity index is 1.35. The van der Waals surface area contributed by atoms with E-state index < -0.39 is 0 Å². The van der Waals surface area contributed by atoms with Gasteiger partial charge in [0, 0.05) is 36.3 Å². The molecule has 2 aliphatic rings. The van der Waals surface area contributed by atoms with E-state index in [9.17, 15) is 9.59 Å². The topological polar surface area (TPSA) is 115 Å². The highest BCUT2D eigenvalue weighted by atomic mass is 16.5. The summed E-state index contributed by atoms with van der Waals surface area (Å²) in [5, 5.41) is 11.7. The second-order valence-electron chi connectivity index (χ2n) is 9.29. The van der Waals surface area contributed by atoms with Gasteiger partial charge < -0.3 is 19.5 Å². The van der Waals surface area contributed by atoms with Crippen molar-refractivity contribution >= 4 is 11.8 Å². The summed E-state index contributed by atoms with van der Waals surface area (Å²) in [4.78, 5) is 32.7. The van der Waals surface area contributed by atoms with Crippen LogP contribution in [0.25, 0.3) is 11.4 Å². The number of ether oxygens (including phenoxy) is 1. The van der Waals surface area contributed by atoms with Gasteiger partial charge in [0.1, 0.15) is 6.54 Å². The van der Waals surface area contributed by atoms with Crippen molar-refractivity contribution in [1.82, 2.24) is 30.1 Å². The lowest BCUT2D eigenvalue weighted by Crippen LogP contribution is -2.44. The third-order valence-corrected chi connectivity index (χ3v) is 6.77. The van der Waals surface area contributed by atoms with Gasteiger partial charge in [-0.05, 0) is 32.8 Å². The highest BCUT2D eigenvalue weighted by molar-refractivity contribution is 5.80. The number of amides is 2. The molecule has 2 fully saturated rings. The minimum atomic E-state index is -0.293. The van der Waals surface area contributed by atoms with E-state index in [0.29, 0.717) is 50.9 Å². The summed E-state index contributed by atoms with van der Waals surface area (Å²) in [6.07, 6.45) is 1.06. The second-order valence-corrected chi connectivity index (χ2v) is 9.29. The molecule has 10 nitrogen and oxygen atoms in total. The van der Waals surface area contributed by atoms with Crippen molar-refractivity contribution in [3.63, 3.8) is 0 Å². The first-order valence-corrected chi connectivity index (χ1v) is 12.0. The molecule has 5 rings (SSSR count). The summed E-state index contributed by atoms with van der Waals surface area (Å²) in [6.45, 7) is 6.22. The standard InChI is InChI=1S/C25H30N6O4/c1-16-12-17(2)31(28-16)15-22(32)26-21-14-19(25(33)30-8-10-34-11-9-30)13-20(21)24-27-23(29-35-24)18-6-4-3-5-7-18/h3-7,12,19-21H,8-11,13-15H2,1-2H3,(H,26,32)/t19-,20-,21+/m1/s1. The van der Waals surface area contributed by atoms with Gasteiger partial charge >= 0.3 is 0 Å². The molecule has 10 heteroatoms. The first-order valence-electron chi connectivity index (χ1n) is 12.0. The Morgan fingerprint density at radius 3 is 2.60 bits per heavy atom. The van der Waals surface area contributed by atoms with Gasteiger partial charge in [-0.3, -0.25) is 14.3 Å². The van der Waals surface area contributed by atoms with Gasteiger partial charge in [-0.15, -0.1) is 0 Å². The van der Waals surface area contributed by atoms with Crippen molar-refractivity contribution in [3.05, 3.63) is 53.7 Å². The molecule has 1 aliphatic carbocycles. The maximum Gasteiger partial charge on any atom is 0.241 e. The molecule has 1 N–H and O–H groups in total. The molecular weight excluding hydrogens is 448 g/mol. The number of carbonyl (C=O) groups excluding carboxylic acids is 2. The quantitative estimate of drug-likeness (QED) is 0.577. The van der Waals surface area contributed by atoms with Gasteiger partial charge in [-0.2, -0.15) is 10.1 Å². The SMILES string of the molecule is Cc1cc(C)n(CC(=O)N[C@H]2C[C@H](C(=O)N3CCOCC3)C[C@H]2c2nc(-c3ccccc3)no2)n1. The van der Waals surface area contributed by atoms with E-state index in [-0.39, 0.29) is 36.2 Å². The second kappa shape index (κ2) is 9.99. The van der Waals surface area contributed by atoms with Gasteiger partial charge in [-0.1, -0.05) is 35.5 Å². The van der Waals surface area contributed by atoms with E-state index in [2.05, 4.69) is 20.6 Å². The number of hydrogen-bond donors (Lipinski definition) is 1. The molecule has 2 amide bonds. The summed E-state index contributed by atoms with van der Waals surface area (Å²) in [5.74, 6) is 0.391. The summed E-state index contributed by atoms with van der Waals surface area (Å²) in [6, 6.07) is 11.2. The molecule has 0 bridgehead atoms. The van der Waals surface area contributed by atoms with E-state index in [4.69, 9.17) is 9.26 Å². The van der Waals surface area contributed by atoms with Crippen molar-refractivity contribution in [2.45, 2.75) is 45.2 Å². The van der Waals surface area contributed by atoms with E-state index in [0.717, 1.165) is 17.0 Å². The van der Waals surface area contributed by atoms with Crippen LogP contribution in [-0.2, 0) is 20.9 Å². The van der Waals surface area contributed by atoms with Crippen LogP contribution in [0.2, 0.25) is 0 Å². The minimum Gasteiger partial charge on any atom is -0.378 e. The third-order valence-electron chi connectivity index (χ3n) is 6.77. The average Bonchev–Trinajstić information content (AvgIpc) is 3.58. The number of hydrogen-bond acceptors (Lipinski definition) is 7. The zero-order valence-electron chi connectivity index (χ0n) is 20.0. The van der Waals surface area contributed by atoms with Crippen LogP contribution in [-0.4, -0.2) is 69.0 Å². The van der Waals surface area contributed by atoms with E-state index in [1.807, 2.05) is 55.1 Å². The lowest BCUT2D eigenvalue weighted by molar-refractivity contribution is -0.139. The Morgan fingerprint density at radius 2 is 1.89 bits per heavy atom. The molecule has 2 aromatic heterocycles. The molecule has 0 radical (unpaired) electrons. The van der Waals surface area contributed by atoms with Crippen LogP contribution >= 0.6 is 0 Å². The molecule has 1 aliphatic heterocycles. The van der Waals surface area contributed by atoms with Crippen molar-refractivity contribution < 1.29 is 18.8 Å². The maximum atomic E-state index is 13.3. The van der Waals surface area contributed by atoms with Crippen molar-refractivity contribution in [2.75, 3.05) is 26.3 Å². The van der Waals surface area contributed by atoms with Crippen molar-refractivity contribution in [1.29, 1.82) is 0 Å². The normalized spacial score (nSPS) is 22.3. The Bertz CT molecular complexity index is 1180. The highest BCUT2D eigenvalue weighted by Gasteiger charge is 2.43. The number of nitrogens with one attached hydrogen (secondary N) is 1. The average molecular weight is 479 g/mol. The zero-order valence-corrected chi connectivity index (χ0v) is 20.0. The number of rotatable bonds is 6. The predicted octanol–water partition coefficient (Wildman–Crippen LogP) is 2.09. The number of morpholine rings is 1. The summed E-state index contributed by atoms with van der Waals surface area (Å²) < 4.78 is 12.7. The fourth-order valence-corrected chi connectivity index (χ4v) is 5.03. The van der Waals surface area contributed by atoms with Crippen LogP contribution < -0.4 is 5.32 Å². The molecule has 0 spiro atoms. The Kier molecular flexibility index (Phi) is 6.63. The molecule has 1 aromatic carbocycles. The van der Waals surface area contributed by atoms with E-state index >= 15 is 0 Å². The number of carbonyl (C=O) groups is 2. The first kappa shape index (κ1) is 23.2. The van der Waals surface area contributed by atoms with Gasteiger partial charge in [0.25, 0.3) is 0 Å². The Hall–Kier alpha value is -3.53. The molecular formula is C25H30N6O4. The van der Waals surface area contributed by atoms with Gasteiger partial charge in [0.2, 0.25) is 23.5 Å². The van der Waals surface area contributed by atoms with Crippen LogP contribution in [0.15, 0.2) is 40.9 Å². The maximum absolute atomic E-state index is 13.3. The molecule has 3 atom stereocenters. The summed E-state index contributed by atoms with van der Waals surface area (Å²) in [7, 11) is 0. The smallest absolute Gasteiger partial charge is 0.241 e. The van der Waals surface area contributed by atoms with Gasteiger partial charge in [0.05, 0.1) is 24.8 Å². The van der Waals surface area contributed by atoms with Crippen LogP contribution in [0, 0.1) is 19.8 Å². The largest absolute Gasteiger partial charge is 0.378 e. The summed E-state index contributed by atoms with van der Waals surface area (Å²) in [5.41, 5.74) is 2.64. The lowest BCUT2D eigenvalue weighted by Gasteiger charge is -2.29. The third kappa shape index (κ3) is 5.12. The predicted molar refractivity (Wildman–Crippen MR) is 126 cm³/mol. The lowest BCUT2D eigenvalue weighted by atomic mass is 10.0. The zero-order chi connectivity index (χ0) is 24.4. The molecule has 3 aromatic rings. The highest BCUT2D eigenvalue weighted by Crippen LogP contribution is 2.39. The number of benzene rings is 1. The van der Waals surface area contributed by atoms with Crippen LogP contribution in [0.5, 0.6) is 0 Å². The fraction of sp³-hybridized carbons (Fsp3) is 0.480. The van der Waals surface area contributed by atoms with Crippen molar-refractivity contribution in [3.8, 4) is 11.4 Å². The number of aromatic nitrogens is 4. The van der Waals surface area contributed by atoms with Crippen LogP contribution in [0.4, 0.5) is 0 Å². The molecule has 3 heterocycles. The fourth-order valence-electron chi connectivity index (χ4n) is 5.03. The first-order chi connectivity index (χ1) is 17.0. The molecule has 1 saturated heterocycles. The minimum absolute atomic E-state index is 0.0939. The summed E-state index contributed by atoms with van der Waals surface area (Å²) >= 11 is 0. The monoisotopic (exact) mass is 478 g/mol. The van der Waals surface area contributed by atoms with Crippen molar-refractivity contribution in [2.24, 2.45) is 5.92 Å². The van der Waals surface area contributed by atoms with Gasteiger partial charge in [0.15, 0.2) is 0 Å². The molecule has 1 saturated carbocycles.